The highest BCUT2D eigenvalue weighted by atomic mass is 35.5. The molecule has 0 aliphatic carbocycles. The van der Waals surface area contributed by atoms with E-state index < -0.39 is 6.09 Å². The Kier molecular flexibility index (Phi) is 2.87. The van der Waals surface area contributed by atoms with Crippen LogP contribution in [-0.2, 0) is 6.54 Å². The number of nitrogens with zero attached hydrogens (tertiary/aromatic N) is 2. The van der Waals surface area contributed by atoms with Crippen LogP contribution in [0.3, 0.4) is 0 Å². The average molecular weight is 243 g/mol. The summed E-state index contributed by atoms with van der Waals surface area (Å²) < 4.78 is 5.57. The Morgan fingerprint density at radius 2 is 2.44 bits per heavy atom. The SMILES string of the molecule is C[C@@H]1CN(C(=O)O)Cc2nc(Cl)ccc2O1. The molecule has 1 amide bonds. The lowest BCUT2D eigenvalue weighted by atomic mass is 10.3. The van der Waals surface area contributed by atoms with Crippen molar-refractivity contribution < 1.29 is 14.6 Å². The Morgan fingerprint density at radius 3 is 3.12 bits per heavy atom. The standard InChI is InChI=1S/C10H11ClN2O3/c1-6-4-13(10(14)15)5-7-8(16-6)2-3-9(11)12-7/h2-3,6H,4-5H2,1H3,(H,14,15)/t6-/m1/s1. The van der Waals surface area contributed by atoms with Crippen LogP contribution in [0.1, 0.15) is 12.6 Å². The summed E-state index contributed by atoms with van der Waals surface area (Å²) in [4.78, 5) is 16.3. The molecule has 16 heavy (non-hydrogen) atoms. The predicted octanol–water partition coefficient (Wildman–Crippen LogP) is 2.00. The first-order valence-corrected chi connectivity index (χ1v) is 5.24. The molecule has 86 valence electrons. The fourth-order valence-electron chi connectivity index (χ4n) is 1.64. The smallest absolute Gasteiger partial charge is 0.407 e. The van der Waals surface area contributed by atoms with Crippen molar-refractivity contribution in [1.29, 1.82) is 0 Å². The number of carboxylic acid groups (broad SMARTS) is 1. The van der Waals surface area contributed by atoms with Crippen molar-refractivity contribution in [3.63, 3.8) is 0 Å². The monoisotopic (exact) mass is 242 g/mol. The van der Waals surface area contributed by atoms with Crippen LogP contribution in [0.15, 0.2) is 12.1 Å². The van der Waals surface area contributed by atoms with Crippen molar-refractivity contribution in [2.75, 3.05) is 6.54 Å². The van der Waals surface area contributed by atoms with Gasteiger partial charge in [-0.15, -0.1) is 0 Å². The number of fused-ring (bicyclic) bond motifs is 1. The first-order valence-electron chi connectivity index (χ1n) is 4.86. The second kappa shape index (κ2) is 4.17. The second-order valence-corrected chi connectivity index (χ2v) is 4.06. The van der Waals surface area contributed by atoms with Crippen molar-refractivity contribution in [2.24, 2.45) is 0 Å². The van der Waals surface area contributed by atoms with Crippen LogP contribution in [0.25, 0.3) is 0 Å². The number of aromatic nitrogens is 1. The van der Waals surface area contributed by atoms with Crippen molar-refractivity contribution in [2.45, 2.75) is 19.6 Å². The molecule has 0 saturated carbocycles. The third-order valence-corrected chi connectivity index (χ3v) is 2.53. The number of carbonyl (C=O) groups is 1. The van der Waals surface area contributed by atoms with Gasteiger partial charge >= 0.3 is 6.09 Å². The van der Waals surface area contributed by atoms with E-state index in [1.807, 2.05) is 6.92 Å². The maximum absolute atomic E-state index is 11.0. The lowest BCUT2D eigenvalue weighted by Gasteiger charge is -2.17. The molecule has 5 nitrogen and oxygen atoms in total. The zero-order valence-corrected chi connectivity index (χ0v) is 9.44. The van der Waals surface area contributed by atoms with Gasteiger partial charge in [0.1, 0.15) is 22.7 Å². The Bertz CT molecular complexity index is 425. The minimum Gasteiger partial charge on any atom is -0.487 e. The third-order valence-electron chi connectivity index (χ3n) is 2.32. The first-order chi connectivity index (χ1) is 7.56. The minimum absolute atomic E-state index is 0.194. The third kappa shape index (κ3) is 2.19. The van der Waals surface area contributed by atoms with E-state index in [2.05, 4.69) is 4.98 Å². The number of ether oxygens (including phenoxy) is 1. The molecular formula is C10H11ClN2O3. The molecule has 0 saturated heterocycles. The molecule has 0 spiro atoms. The summed E-state index contributed by atoms with van der Waals surface area (Å²) in [6, 6.07) is 3.34. The van der Waals surface area contributed by atoms with Gasteiger partial charge in [-0.3, -0.25) is 4.90 Å². The van der Waals surface area contributed by atoms with E-state index >= 15 is 0 Å². The number of hydrogen-bond acceptors (Lipinski definition) is 3. The number of hydrogen-bond donors (Lipinski definition) is 1. The number of pyridine rings is 1. The van der Waals surface area contributed by atoms with Crippen molar-refractivity contribution in [3.8, 4) is 5.75 Å². The number of rotatable bonds is 0. The van der Waals surface area contributed by atoms with Crippen LogP contribution in [0.5, 0.6) is 5.75 Å². The van der Waals surface area contributed by atoms with E-state index in [-0.39, 0.29) is 12.6 Å². The van der Waals surface area contributed by atoms with Gasteiger partial charge in [0.25, 0.3) is 0 Å². The fourth-order valence-corrected chi connectivity index (χ4v) is 1.80. The number of halogens is 1. The van der Waals surface area contributed by atoms with Gasteiger partial charge in [0, 0.05) is 0 Å². The van der Waals surface area contributed by atoms with E-state index in [0.717, 1.165) is 0 Å². The largest absolute Gasteiger partial charge is 0.487 e. The highest BCUT2D eigenvalue weighted by Crippen LogP contribution is 2.25. The Morgan fingerprint density at radius 1 is 1.69 bits per heavy atom. The van der Waals surface area contributed by atoms with Gasteiger partial charge in [-0.25, -0.2) is 9.78 Å². The Labute approximate surface area is 97.6 Å². The molecular weight excluding hydrogens is 232 g/mol. The van der Waals surface area contributed by atoms with Gasteiger partial charge in [-0.1, -0.05) is 11.6 Å². The van der Waals surface area contributed by atoms with E-state index in [1.165, 1.54) is 4.90 Å². The molecule has 1 aromatic rings. The normalized spacial score (nSPS) is 19.6. The second-order valence-electron chi connectivity index (χ2n) is 3.67. The first kappa shape index (κ1) is 11.0. The summed E-state index contributed by atoms with van der Waals surface area (Å²) in [7, 11) is 0. The summed E-state index contributed by atoms with van der Waals surface area (Å²) in [5.41, 5.74) is 0.555. The lowest BCUT2D eigenvalue weighted by molar-refractivity contribution is 0.121. The molecule has 2 rings (SSSR count). The van der Waals surface area contributed by atoms with E-state index in [0.29, 0.717) is 23.1 Å². The van der Waals surface area contributed by atoms with E-state index in [9.17, 15) is 4.79 Å². The van der Waals surface area contributed by atoms with Gasteiger partial charge in [0.05, 0.1) is 13.1 Å². The Balaban J connectivity index is 2.36. The number of amides is 1. The minimum atomic E-state index is -0.981. The fraction of sp³-hybridized carbons (Fsp3) is 0.400. The molecule has 6 heteroatoms. The van der Waals surface area contributed by atoms with Crippen molar-refractivity contribution >= 4 is 17.7 Å². The molecule has 1 N–H and O–H groups in total. The zero-order valence-electron chi connectivity index (χ0n) is 8.68. The van der Waals surface area contributed by atoms with Gasteiger partial charge in [0.15, 0.2) is 0 Å². The molecule has 0 radical (unpaired) electrons. The highest BCUT2D eigenvalue weighted by molar-refractivity contribution is 6.29. The quantitative estimate of drug-likeness (QED) is 0.707. The molecule has 0 unspecified atom stereocenters. The molecule has 0 aromatic carbocycles. The van der Waals surface area contributed by atoms with E-state index in [1.54, 1.807) is 12.1 Å². The van der Waals surface area contributed by atoms with E-state index in [4.69, 9.17) is 21.4 Å². The maximum atomic E-state index is 11.0. The summed E-state index contributed by atoms with van der Waals surface area (Å²) in [5, 5.41) is 9.32. The van der Waals surface area contributed by atoms with Gasteiger partial charge < -0.3 is 9.84 Å². The van der Waals surface area contributed by atoms with Gasteiger partial charge in [-0.05, 0) is 19.1 Å². The van der Waals surface area contributed by atoms with Crippen LogP contribution in [0.2, 0.25) is 5.15 Å². The Hall–Kier alpha value is -1.49. The topological polar surface area (TPSA) is 62.7 Å². The van der Waals surface area contributed by atoms with Crippen LogP contribution in [0.4, 0.5) is 4.79 Å². The van der Waals surface area contributed by atoms with Crippen LogP contribution < -0.4 is 4.74 Å². The molecule has 1 aliphatic heterocycles. The average Bonchev–Trinajstić information content (AvgIpc) is 2.36. The molecule has 0 fully saturated rings. The molecule has 1 atom stereocenters. The van der Waals surface area contributed by atoms with Crippen molar-refractivity contribution in [1.82, 2.24) is 9.88 Å². The molecule has 0 bridgehead atoms. The van der Waals surface area contributed by atoms with Crippen molar-refractivity contribution in [3.05, 3.63) is 23.0 Å². The summed E-state index contributed by atoms with van der Waals surface area (Å²) in [6.07, 6.45) is -1.18. The molecule has 2 heterocycles. The highest BCUT2D eigenvalue weighted by Gasteiger charge is 2.24. The molecule has 1 aromatic heterocycles. The van der Waals surface area contributed by atoms with Gasteiger partial charge in [-0.2, -0.15) is 0 Å². The summed E-state index contributed by atoms with van der Waals surface area (Å²) in [5.74, 6) is 0.598. The summed E-state index contributed by atoms with van der Waals surface area (Å²) >= 11 is 5.76. The maximum Gasteiger partial charge on any atom is 0.407 e. The van der Waals surface area contributed by atoms with Gasteiger partial charge in [0.2, 0.25) is 0 Å². The van der Waals surface area contributed by atoms with Crippen LogP contribution in [-0.4, -0.2) is 33.7 Å². The zero-order chi connectivity index (χ0) is 11.7. The van der Waals surface area contributed by atoms with Crippen LogP contribution in [0, 0.1) is 0 Å². The predicted molar refractivity (Wildman–Crippen MR) is 57.8 cm³/mol. The lowest BCUT2D eigenvalue weighted by Crippen LogP contribution is -2.34. The molecule has 1 aliphatic rings. The van der Waals surface area contributed by atoms with Crippen LogP contribution >= 0.6 is 11.6 Å². The summed E-state index contributed by atoms with van der Waals surface area (Å²) in [6.45, 7) is 2.35.